The van der Waals surface area contributed by atoms with Crippen molar-refractivity contribution in [2.45, 2.75) is 38.0 Å². The van der Waals surface area contributed by atoms with Crippen LogP contribution in [0.3, 0.4) is 0 Å². The topological polar surface area (TPSA) is 161 Å². The maximum absolute atomic E-state index is 9.10. The van der Waals surface area contributed by atoms with Crippen molar-refractivity contribution < 1.29 is 33.7 Å². The lowest BCUT2D eigenvalue weighted by atomic mass is 9.94. The number of nitrogens with zero attached hydrogens (tertiary/aromatic N) is 3. The first-order valence-corrected chi connectivity index (χ1v) is 12.0. The lowest BCUT2D eigenvalue weighted by molar-refractivity contribution is -0.159. The Bertz CT molecular complexity index is 1050. The van der Waals surface area contributed by atoms with Gasteiger partial charge in [0.2, 0.25) is 5.89 Å². The number of nitrogens with two attached hydrogens (primary N) is 1. The van der Waals surface area contributed by atoms with E-state index in [-0.39, 0.29) is 0 Å². The highest BCUT2D eigenvalue weighted by molar-refractivity contribution is 6.33. The van der Waals surface area contributed by atoms with Crippen molar-refractivity contribution in [2.75, 3.05) is 45.2 Å². The molecule has 11 nitrogen and oxygen atoms in total. The number of hydrogen-bond donors (Lipinski definition) is 3. The second kappa shape index (κ2) is 11.2. The monoisotopic (exact) mass is 508 g/mol. The van der Waals surface area contributed by atoms with Gasteiger partial charge in [0.25, 0.3) is 5.89 Å². The first kappa shape index (κ1) is 25.2. The molecule has 35 heavy (non-hydrogen) atoms. The Morgan fingerprint density at radius 2 is 1.77 bits per heavy atom. The summed E-state index contributed by atoms with van der Waals surface area (Å²) >= 11 is 6.32. The summed E-state index contributed by atoms with van der Waals surface area (Å²) in [5.74, 6) is -0.665. The highest BCUT2D eigenvalue weighted by Gasteiger charge is 2.29. The van der Waals surface area contributed by atoms with Gasteiger partial charge in [-0.15, -0.1) is 10.2 Å². The van der Waals surface area contributed by atoms with Crippen molar-refractivity contribution in [1.29, 1.82) is 0 Å². The Morgan fingerprint density at radius 1 is 1.09 bits per heavy atom. The second-order valence-electron chi connectivity index (χ2n) is 8.91. The van der Waals surface area contributed by atoms with Gasteiger partial charge >= 0.3 is 11.9 Å². The third kappa shape index (κ3) is 6.03. The molecule has 190 valence electrons. The summed E-state index contributed by atoms with van der Waals surface area (Å²) in [6.07, 6.45) is 5.21. The van der Waals surface area contributed by atoms with Crippen LogP contribution < -0.4 is 10.5 Å². The summed E-state index contributed by atoms with van der Waals surface area (Å²) < 4.78 is 17.3. The number of hydrogen-bond acceptors (Lipinski definition) is 9. The van der Waals surface area contributed by atoms with Crippen molar-refractivity contribution in [2.24, 2.45) is 5.92 Å². The van der Waals surface area contributed by atoms with Gasteiger partial charge in [-0.1, -0.05) is 11.6 Å². The molecule has 0 spiro atoms. The summed E-state index contributed by atoms with van der Waals surface area (Å²) in [7, 11) is 0. The molecule has 3 aliphatic heterocycles. The maximum Gasteiger partial charge on any atom is 0.414 e. The van der Waals surface area contributed by atoms with Gasteiger partial charge in [0.1, 0.15) is 5.75 Å². The van der Waals surface area contributed by atoms with Gasteiger partial charge in [-0.25, -0.2) is 9.59 Å². The fourth-order valence-corrected chi connectivity index (χ4v) is 4.91. The number of rotatable bonds is 4. The molecule has 3 aliphatic rings. The van der Waals surface area contributed by atoms with Crippen LogP contribution >= 0.6 is 11.6 Å². The molecular formula is C23H29ClN4O7. The SMILES string of the molecule is Nc1c(Cl)cc(-c2nnc(C3CCN(CC4CCOCC4)CC3)o2)c2c1CCO2.O=C(O)C(=O)O. The van der Waals surface area contributed by atoms with Crippen LogP contribution in [-0.2, 0) is 20.7 Å². The predicted molar refractivity (Wildman–Crippen MR) is 126 cm³/mol. The molecular weight excluding hydrogens is 480 g/mol. The van der Waals surface area contributed by atoms with Crippen LogP contribution in [0, 0.1) is 5.92 Å². The first-order chi connectivity index (χ1) is 16.8. The van der Waals surface area contributed by atoms with Gasteiger partial charge in [-0.05, 0) is 50.8 Å². The lowest BCUT2D eigenvalue weighted by Gasteiger charge is -2.34. The van der Waals surface area contributed by atoms with E-state index in [1.54, 1.807) is 6.07 Å². The summed E-state index contributed by atoms with van der Waals surface area (Å²) in [5.41, 5.74) is 8.36. The quantitative estimate of drug-likeness (QED) is 0.411. The van der Waals surface area contributed by atoms with Crippen LogP contribution in [0.25, 0.3) is 11.5 Å². The number of piperidine rings is 1. The van der Waals surface area contributed by atoms with Crippen LogP contribution in [0.2, 0.25) is 5.02 Å². The number of carbonyl (C=O) groups is 2. The second-order valence-corrected chi connectivity index (χ2v) is 9.32. The summed E-state index contributed by atoms with van der Waals surface area (Å²) in [4.78, 5) is 20.8. The minimum absolute atomic E-state index is 0.306. The summed E-state index contributed by atoms with van der Waals surface area (Å²) in [6.45, 7) is 5.75. The molecule has 0 aliphatic carbocycles. The number of ether oxygens (including phenoxy) is 2. The van der Waals surface area contributed by atoms with Gasteiger partial charge in [0, 0.05) is 37.7 Å². The fourth-order valence-electron chi connectivity index (χ4n) is 4.69. The van der Waals surface area contributed by atoms with E-state index < -0.39 is 11.9 Å². The molecule has 0 bridgehead atoms. The Labute approximate surface area is 207 Å². The van der Waals surface area contributed by atoms with E-state index in [9.17, 15) is 0 Å². The number of aromatic nitrogens is 2. The first-order valence-electron chi connectivity index (χ1n) is 11.7. The van der Waals surface area contributed by atoms with Gasteiger partial charge in [0.05, 0.1) is 22.9 Å². The van der Waals surface area contributed by atoms with Gasteiger partial charge in [-0.2, -0.15) is 0 Å². The lowest BCUT2D eigenvalue weighted by Crippen LogP contribution is -2.38. The zero-order valence-corrected chi connectivity index (χ0v) is 20.0. The van der Waals surface area contributed by atoms with Crippen molar-refractivity contribution in [3.63, 3.8) is 0 Å². The Kier molecular flexibility index (Phi) is 8.09. The maximum atomic E-state index is 9.10. The third-order valence-corrected chi connectivity index (χ3v) is 6.93. The predicted octanol–water partition coefficient (Wildman–Crippen LogP) is 2.67. The van der Waals surface area contributed by atoms with E-state index in [1.807, 2.05) is 0 Å². The van der Waals surface area contributed by atoms with Crippen molar-refractivity contribution >= 4 is 29.2 Å². The molecule has 4 N–H and O–H groups in total. The third-order valence-electron chi connectivity index (χ3n) is 6.62. The van der Waals surface area contributed by atoms with Crippen molar-refractivity contribution in [3.05, 3.63) is 22.5 Å². The van der Waals surface area contributed by atoms with Crippen LogP contribution in [0.15, 0.2) is 10.5 Å². The number of likely N-dealkylation sites (tertiary alicyclic amines) is 1. The molecule has 4 heterocycles. The number of nitrogen functional groups attached to an aromatic ring is 1. The molecule has 1 aromatic carbocycles. The molecule has 0 radical (unpaired) electrons. The molecule has 0 atom stereocenters. The van der Waals surface area contributed by atoms with Gasteiger partial charge in [0.15, 0.2) is 0 Å². The fraction of sp³-hybridized carbons (Fsp3) is 0.565. The van der Waals surface area contributed by atoms with Crippen LogP contribution in [0.4, 0.5) is 5.69 Å². The van der Waals surface area contributed by atoms with E-state index >= 15 is 0 Å². The average molecular weight is 509 g/mol. The van der Waals surface area contributed by atoms with E-state index in [4.69, 9.17) is 51.0 Å². The number of halogens is 1. The zero-order chi connectivity index (χ0) is 24.9. The number of fused-ring (bicyclic) bond motifs is 1. The van der Waals surface area contributed by atoms with Crippen LogP contribution in [0.5, 0.6) is 5.75 Å². The summed E-state index contributed by atoms with van der Waals surface area (Å²) in [6, 6.07) is 1.77. The minimum atomic E-state index is -1.82. The average Bonchev–Trinajstić information content (AvgIpc) is 3.54. The Hall–Kier alpha value is -2.89. The van der Waals surface area contributed by atoms with Gasteiger partial charge in [-0.3, -0.25) is 0 Å². The number of carboxylic acid groups (broad SMARTS) is 2. The highest BCUT2D eigenvalue weighted by Crippen LogP contribution is 2.43. The largest absolute Gasteiger partial charge is 0.492 e. The van der Waals surface area contributed by atoms with E-state index in [0.717, 1.165) is 68.4 Å². The van der Waals surface area contributed by atoms with Crippen LogP contribution in [-0.4, -0.2) is 76.7 Å². The van der Waals surface area contributed by atoms with Crippen molar-refractivity contribution in [3.8, 4) is 17.2 Å². The molecule has 1 aromatic heterocycles. The van der Waals surface area contributed by atoms with Crippen molar-refractivity contribution in [1.82, 2.24) is 15.1 Å². The Morgan fingerprint density at radius 3 is 2.43 bits per heavy atom. The highest BCUT2D eigenvalue weighted by atomic mass is 35.5. The zero-order valence-electron chi connectivity index (χ0n) is 19.2. The normalized spacial score (nSPS) is 18.9. The molecule has 12 heteroatoms. The number of anilines is 1. The summed E-state index contributed by atoms with van der Waals surface area (Å²) in [5, 5.41) is 23.9. The molecule has 2 saturated heterocycles. The van der Waals surface area contributed by atoms with E-state index in [2.05, 4.69) is 15.1 Å². The van der Waals surface area contributed by atoms with Gasteiger partial charge < -0.3 is 34.7 Å². The standard InChI is InChI=1S/C21H27ClN4O3.C2H2O4/c22-17-11-16(19-15(18(17)23)5-10-28-19)21-25-24-20(29-21)14-1-6-26(7-2-14)12-13-3-8-27-9-4-13;3-1(4)2(5)6/h11,13-14H,1-10,12,23H2;(H,3,4)(H,5,6). The minimum Gasteiger partial charge on any atom is -0.492 e. The molecule has 2 aromatic rings. The molecule has 0 amide bonds. The Balaban J connectivity index is 0.000000431. The van der Waals surface area contributed by atoms with Crippen LogP contribution in [0.1, 0.15) is 43.1 Å². The molecule has 0 saturated carbocycles. The number of aliphatic carboxylic acids is 2. The molecule has 2 fully saturated rings. The molecule has 5 rings (SSSR count). The van der Waals surface area contributed by atoms with E-state index in [1.165, 1.54) is 19.4 Å². The van der Waals surface area contributed by atoms with E-state index in [0.29, 0.717) is 35.0 Å². The number of benzene rings is 1. The smallest absolute Gasteiger partial charge is 0.414 e. The number of carboxylic acids is 2. The molecule has 0 unspecified atom stereocenters.